The van der Waals surface area contributed by atoms with E-state index in [4.69, 9.17) is 16.0 Å². The lowest BCUT2D eigenvalue weighted by Gasteiger charge is -2.18. The van der Waals surface area contributed by atoms with Crippen molar-refractivity contribution in [3.05, 3.63) is 63.6 Å². The van der Waals surface area contributed by atoms with Gasteiger partial charge in [-0.3, -0.25) is 4.79 Å². The highest BCUT2D eigenvalue weighted by Crippen LogP contribution is 2.26. The van der Waals surface area contributed by atoms with Gasteiger partial charge in [-0.15, -0.1) is 21.5 Å². The van der Waals surface area contributed by atoms with Crippen LogP contribution >= 0.6 is 22.9 Å². The minimum Gasteiger partial charge on any atom is -0.419 e. The molecule has 3 aromatic rings. The Morgan fingerprint density at radius 3 is 2.85 bits per heavy atom. The van der Waals surface area contributed by atoms with E-state index >= 15 is 0 Å². The van der Waals surface area contributed by atoms with Gasteiger partial charge in [-0.25, -0.2) is 0 Å². The first kappa shape index (κ1) is 18.4. The molecule has 1 amide bonds. The lowest BCUT2D eigenvalue weighted by atomic mass is 10.2. The summed E-state index contributed by atoms with van der Waals surface area (Å²) in [5, 5.41) is 10.6. The number of halogens is 1. The summed E-state index contributed by atoms with van der Waals surface area (Å²) >= 11 is 7.75. The average molecular weight is 388 g/mol. The molecule has 0 aliphatic carbocycles. The van der Waals surface area contributed by atoms with Gasteiger partial charge in [-0.2, -0.15) is 0 Å². The molecule has 0 radical (unpaired) electrons. The summed E-state index contributed by atoms with van der Waals surface area (Å²) in [4.78, 5) is 15.2. The SMILES string of the molecule is CCCN(Cc1nnc(-c2ccccc2Cl)o1)C(=O)C=Cc1cccs1. The Labute approximate surface area is 160 Å². The minimum absolute atomic E-state index is 0.0854. The molecule has 0 fully saturated rings. The molecule has 2 heterocycles. The van der Waals surface area contributed by atoms with Crippen molar-refractivity contribution >= 4 is 34.9 Å². The maximum absolute atomic E-state index is 12.5. The van der Waals surface area contributed by atoms with Gasteiger partial charge in [-0.05, 0) is 36.1 Å². The van der Waals surface area contributed by atoms with Gasteiger partial charge in [0.25, 0.3) is 0 Å². The lowest BCUT2D eigenvalue weighted by molar-refractivity contribution is -0.126. The monoisotopic (exact) mass is 387 g/mol. The number of carbonyl (C=O) groups is 1. The smallest absolute Gasteiger partial charge is 0.249 e. The van der Waals surface area contributed by atoms with E-state index in [1.807, 2.05) is 48.7 Å². The summed E-state index contributed by atoms with van der Waals surface area (Å²) in [6, 6.07) is 11.2. The molecular weight excluding hydrogens is 370 g/mol. The summed E-state index contributed by atoms with van der Waals surface area (Å²) in [6.45, 7) is 2.89. The van der Waals surface area contributed by atoms with Crippen LogP contribution in [0.5, 0.6) is 0 Å². The van der Waals surface area contributed by atoms with Crippen LogP contribution in [-0.2, 0) is 11.3 Å². The predicted molar refractivity (Wildman–Crippen MR) is 104 cm³/mol. The van der Waals surface area contributed by atoms with E-state index in [9.17, 15) is 4.79 Å². The lowest BCUT2D eigenvalue weighted by Crippen LogP contribution is -2.29. The first-order valence-electron chi connectivity index (χ1n) is 8.25. The number of aromatic nitrogens is 2. The zero-order valence-corrected chi connectivity index (χ0v) is 15.8. The second kappa shape index (κ2) is 8.78. The Hall–Kier alpha value is -2.44. The summed E-state index contributed by atoms with van der Waals surface area (Å²) in [5.74, 6) is 0.646. The van der Waals surface area contributed by atoms with E-state index in [-0.39, 0.29) is 12.5 Å². The number of hydrogen-bond donors (Lipinski definition) is 0. The van der Waals surface area contributed by atoms with Gasteiger partial charge in [0.15, 0.2) is 0 Å². The third-order valence-corrected chi connectivity index (χ3v) is 4.80. The highest BCUT2D eigenvalue weighted by molar-refractivity contribution is 7.10. The zero-order chi connectivity index (χ0) is 18.4. The molecule has 26 heavy (non-hydrogen) atoms. The summed E-state index contributed by atoms with van der Waals surface area (Å²) < 4.78 is 5.71. The number of nitrogens with zero attached hydrogens (tertiary/aromatic N) is 3. The molecule has 0 aliphatic rings. The number of thiophene rings is 1. The number of hydrogen-bond acceptors (Lipinski definition) is 5. The van der Waals surface area contributed by atoms with Crippen molar-refractivity contribution in [2.75, 3.05) is 6.54 Å². The third-order valence-electron chi connectivity index (χ3n) is 3.64. The molecule has 7 heteroatoms. The van der Waals surface area contributed by atoms with Crippen LogP contribution in [0.15, 0.2) is 52.3 Å². The van der Waals surface area contributed by atoms with E-state index in [1.165, 1.54) is 0 Å². The molecule has 0 bridgehead atoms. The standard InChI is InChI=1S/C19H18ClN3O2S/c1-2-11-23(18(24)10-9-14-6-5-12-26-14)13-17-21-22-19(25-17)15-7-3-4-8-16(15)20/h3-10,12H,2,11,13H2,1H3. The summed E-state index contributed by atoms with van der Waals surface area (Å²) in [7, 11) is 0. The fourth-order valence-corrected chi connectivity index (χ4v) is 3.24. The van der Waals surface area contributed by atoms with Crippen molar-refractivity contribution in [3.8, 4) is 11.5 Å². The van der Waals surface area contributed by atoms with Crippen molar-refractivity contribution in [2.24, 2.45) is 0 Å². The molecule has 1 aromatic carbocycles. The quantitative estimate of drug-likeness (QED) is 0.541. The second-order valence-electron chi connectivity index (χ2n) is 5.59. The molecule has 5 nitrogen and oxygen atoms in total. The van der Waals surface area contributed by atoms with E-state index in [0.29, 0.717) is 28.9 Å². The van der Waals surface area contributed by atoms with Crippen LogP contribution in [0, 0.1) is 0 Å². The van der Waals surface area contributed by atoms with Crippen molar-refractivity contribution in [1.82, 2.24) is 15.1 Å². The Morgan fingerprint density at radius 1 is 1.27 bits per heavy atom. The highest BCUT2D eigenvalue weighted by Gasteiger charge is 2.16. The summed E-state index contributed by atoms with van der Waals surface area (Å²) in [6.07, 6.45) is 4.23. The van der Waals surface area contributed by atoms with Gasteiger partial charge in [-0.1, -0.05) is 36.7 Å². The maximum Gasteiger partial charge on any atom is 0.249 e. The van der Waals surface area contributed by atoms with Gasteiger partial charge in [0.1, 0.15) is 0 Å². The molecule has 0 saturated heterocycles. The zero-order valence-electron chi connectivity index (χ0n) is 14.3. The largest absolute Gasteiger partial charge is 0.419 e. The Morgan fingerprint density at radius 2 is 2.12 bits per heavy atom. The fourth-order valence-electron chi connectivity index (χ4n) is 2.41. The number of amides is 1. The van der Waals surface area contributed by atoms with Gasteiger partial charge in [0.05, 0.1) is 17.1 Å². The average Bonchev–Trinajstić information content (AvgIpc) is 3.31. The van der Waals surface area contributed by atoms with Crippen LogP contribution < -0.4 is 0 Å². The van der Waals surface area contributed by atoms with E-state index < -0.39 is 0 Å². The van der Waals surface area contributed by atoms with E-state index in [1.54, 1.807) is 28.4 Å². The molecule has 0 saturated carbocycles. The molecule has 0 unspecified atom stereocenters. The van der Waals surface area contributed by atoms with Crippen molar-refractivity contribution < 1.29 is 9.21 Å². The Kier molecular flexibility index (Phi) is 6.20. The number of rotatable bonds is 7. The number of benzene rings is 1. The van der Waals surface area contributed by atoms with Gasteiger partial charge in [0, 0.05) is 17.5 Å². The molecule has 3 rings (SSSR count). The molecule has 2 aromatic heterocycles. The Bertz CT molecular complexity index is 890. The molecule has 0 spiro atoms. The first-order chi connectivity index (χ1) is 12.7. The topological polar surface area (TPSA) is 59.2 Å². The normalized spacial score (nSPS) is 11.2. The predicted octanol–water partition coefficient (Wildman–Crippen LogP) is 4.90. The third kappa shape index (κ3) is 4.59. The van der Waals surface area contributed by atoms with E-state index in [2.05, 4.69) is 10.2 Å². The number of carbonyl (C=O) groups excluding carboxylic acids is 1. The van der Waals surface area contributed by atoms with Gasteiger partial charge >= 0.3 is 0 Å². The summed E-state index contributed by atoms with van der Waals surface area (Å²) in [5.41, 5.74) is 0.680. The fraction of sp³-hybridized carbons (Fsp3) is 0.211. The Balaban J connectivity index is 1.72. The van der Waals surface area contributed by atoms with Crippen LogP contribution in [0.1, 0.15) is 24.1 Å². The molecule has 0 N–H and O–H groups in total. The molecule has 134 valence electrons. The maximum atomic E-state index is 12.5. The van der Waals surface area contributed by atoms with Crippen LogP contribution in [0.3, 0.4) is 0 Å². The van der Waals surface area contributed by atoms with Crippen LogP contribution in [0.2, 0.25) is 5.02 Å². The van der Waals surface area contributed by atoms with Crippen LogP contribution in [0.25, 0.3) is 17.5 Å². The van der Waals surface area contributed by atoms with Gasteiger partial charge in [0.2, 0.25) is 17.7 Å². The van der Waals surface area contributed by atoms with Crippen LogP contribution in [-0.4, -0.2) is 27.5 Å². The van der Waals surface area contributed by atoms with Crippen molar-refractivity contribution in [3.63, 3.8) is 0 Å². The van der Waals surface area contributed by atoms with Crippen molar-refractivity contribution in [2.45, 2.75) is 19.9 Å². The molecular formula is C19H18ClN3O2S. The highest BCUT2D eigenvalue weighted by atomic mass is 35.5. The van der Waals surface area contributed by atoms with Gasteiger partial charge < -0.3 is 9.32 Å². The van der Waals surface area contributed by atoms with E-state index in [0.717, 1.165) is 11.3 Å². The first-order valence-corrected chi connectivity index (χ1v) is 9.51. The second-order valence-corrected chi connectivity index (χ2v) is 6.98. The molecule has 0 aliphatic heterocycles. The van der Waals surface area contributed by atoms with Crippen LogP contribution in [0.4, 0.5) is 0 Å². The minimum atomic E-state index is -0.0854. The molecule has 0 atom stereocenters. The van der Waals surface area contributed by atoms with Crippen molar-refractivity contribution in [1.29, 1.82) is 0 Å².